The highest BCUT2D eigenvalue weighted by Crippen LogP contribution is 2.44. The molecule has 3 rings (SSSR count). The van der Waals surface area contributed by atoms with Crippen molar-refractivity contribution in [2.75, 3.05) is 7.11 Å². The van der Waals surface area contributed by atoms with E-state index >= 15 is 0 Å². The number of fused-ring (bicyclic) bond motifs is 1. The molecule has 1 aliphatic carbocycles. The Hall–Kier alpha value is -2.61. The van der Waals surface area contributed by atoms with E-state index < -0.39 is 30.0 Å². The first-order valence-corrected chi connectivity index (χ1v) is 8.40. The summed E-state index contributed by atoms with van der Waals surface area (Å²) in [7, 11) is 1.50. The highest BCUT2D eigenvalue weighted by Gasteiger charge is 2.42. The summed E-state index contributed by atoms with van der Waals surface area (Å²) in [5, 5.41) is 21.0. The van der Waals surface area contributed by atoms with Crippen LogP contribution in [0.5, 0.6) is 5.06 Å². The average Bonchev–Trinajstić information content (AvgIpc) is 3.14. The summed E-state index contributed by atoms with van der Waals surface area (Å²) in [5.74, 6) is -2.88. The second-order valence-electron chi connectivity index (χ2n) is 5.74. The molecule has 1 unspecified atom stereocenters. The van der Waals surface area contributed by atoms with E-state index in [2.05, 4.69) is 0 Å². The van der Waals surface area contributed by atoms with E-state index in [0.717, 1.165) is 0 Å². The van der Waals surface area contributed by atoms with Crippen molar-refractivity contribution in [3.8, 4) is 5.06 Å². The number of carboxylic acid groups (broad SMARTS) is 1. The zero-order valence-electron chi connectivity index (χ0n) is 13.6. The number of hydrogen-bond donors (Lipinski definition) is 2. The Morgan fingerprint density at radius 3 is 2.80 bits per heavy atom. The van der Waals surface area contributed by atoms with Gasteiger partial charge in [0.05, 0.1) is 25.1 Å². The molecular weight excluding hydrogens is 349 g/mol. The fourth-order valence-corrected chi connectivity index (χ4v) is 3.90. The van der Waals surface area contributed by atoms with Gasteiger partial charge in [-0.2, -0.15) is 0 Å². The molecule has 8 heteroatoms. The summed E-state index contributed by atoms with van der Waals surface area (Å²) in [6, 6.07) is 0.925. The number of rotatable bonds is 4. The molecule has 2 N–H and O–H groups in total. The fourth-order valence-electron chi connectivity index (χ4n) is 3.20. The minimum absolute atomic E-state index is 0.0791. The van der Waals surface area contributed by atoms with Crippen LogP contribution in [0.1, 0.15) is 30.1 Å². The summed E-state index contributed by atoms with van der Waals surface area (Å²) in [4.78, 5) is 25.5. The van der Waals surface area contributed by atoms with Crippen molar-refractivity contribution in [1.82, 2.24) is 4.90 Å². The van der Waals surface area contributed by atoms with Crippen LogP contribution in [0, 0.1) is 0 Å². The normalized spacial score (nSPS) is 19.9. The molecule has 0 saturated heterocycles. The van der Waals surface area contributed by atoms with Gasteiger partial charge in [-0.3, -0.25) is 9.59 Å². The Bertz CT molecular complexity index is 851. The molecule has 132 valence electrons. The third kappa shape index (κ3) is 2.82. The number of aliphatic hydroxyl groups excluding tert-OH is 1. The SMILES string of the molecule is COc1cc(C(=O)N2C(C)=C(CC(=O)O)C3=C(F)C(O)=CCC32)cs1. The molecule has 0 radical (unpaired) electrons. The van der Waals surface area contributed by atoms with Crippen LogP contribution in [0.3, 0.4) is 0 Å². The zero-order valence-corrected chi connectivity index (χ0v) is 14.4. The molecule has 0 aromatic carbocycles. The molecule has 2 aliphatic rings. The Morgan fingerprint density at radius 2 is 2.20 bits per heavy atom. The lowest BCUT2D eigenvalue weighted by molar-refractivity contribution is -0.136. The van der Waals surface area contributed by atoms with Crippen LogP contribution < -0.4 is 4.74 Å². The van der Waals surface area contributed by atoms with Gasteiger partial charge >= 0.3 is 5.97 Å². The lowest BCUT2D eigenvalue weighted by Crippen LogP contribution is -2.36. The number of allylic oxidation sites excluding steroid dienone is 2. The van der Waals surface area contributed by atoms with Gasteiger partial charge in [-0.1, -0.05) is 0 Å². The van der Waals surface area contributed by atoms with Crippen LogP contribution >= 0.6 is 11.3 Å². The second kappa shape index (κ2) is 6.36. The predicted octanol–water partition coefficient (Wildman–Crippen LogP) is 3.40. The van der Waals surface area contributed by atoms with Crippen LogP contribution in [0.2, 0.25) is 0 Å². The van der Waals surface area contributed by atoms with Crippen LogP contribution in [-0.2, 0) is 4.79 Å². The third-order valence-electron chi connectivity index (χ3n) is 4.33. The molecule has 6 nitrogen and oxygen atoms in total. The van der Waals surface area contributed by atoms with Gasteiger partial charge in [0.15, 0.2) is 10.9 Å². The summed E-state index contributed by atoms with van der Waals surface area (Å²) in [5.41, 5.74) is 1.08. The van der Waals surface area contributed by atoms with Gasteiger partial charge in [-0.25, -0.2) is 4.39 Å². The average molecular weight is 365 g/mol. The van der Waals surface area contributed by atoms with Crippen LogP contribution in [0.25, 0.3) is 0 Å². The van der Waals surface area contributed by atoms with Gasteiger partial charge in [0.1, 0.15) is 5.76 Å². The van der Waals surface area contributed by atoms with Crippen molar-refractivity contribution in [2.24, 2.45) is 0 Å². The maximum atomic E-state index is 14.5. The van der Waals surface area contributed by atoms with E-state index in [0.29, 0.717) is 16.3 Å². The number of nitrogens with zero attached hydrogens (tertiary/aromatic N) is 1. The number of carboxylic acids is 1. The summed E-state index contributed by atoms with van der Waals surface area (Å²) in [6.07, 6.45) is 1.09. The van der Waals surface area contributed by atoms with Crippen molar-refractivity contribution in [3.05, 3.63) is 51.5 Å². The number of thiophene rings is 1. The Balaban J connectivity index is 2.06. The lowest BCUT2D eigenvalue weighted by atomic mass is 9.92. The topological polar surface area (TPSA) is 87.1 Å². The maximum absolute atomic E-state index is 14.5. The molecule has 0 spiro atoms. The van der Waals surface area contributed by atoms with Gasteiger partial charge in [0.25, 0.3) is 5.91 Å². The van der Waals surface area contributed by atoms with E-state index in [-0.39, 0.29) is 23.5 Å². The van der Waals surface area contributed by atoms with Gasteiger partial charge in [0.2, 0.25) is 0 Å². The van der Waals surface area contributed by atoms with E-state index in [1.54, 1.807) is 18.4 Å². The number of carbonyl (C=O) groups excluding carboxylic acids is 1. The molecule has 1 amide bonds. The number of methoxy groups -OCH3 is 1. The minimum Gasteiger partial charge on any atom is -0.505 e. The van der Waals surface area contributed by atoms with Gasteiger partial charge in [-0.15, -0.1) is 11.3 Å². The van der Waals surface area contributed by atoms with Crippen molar-refractivity contribution in [1.29, 1.82) is 0 Å². The summed E-state index contributed by atoms with van der Waals surface area (Å²) < 4.78 is 19.6. The largest absolute Gasteiger partial charge is 0.505 e. The second-order valence-corrected chi connectivity index (χ2v) is 6.61. The van der Waals surface area contributed by atoms with E-state index in [1.807, 2.05) is 0 Å². The molecule has 1 atom stereocenters. The standard InChI is InChI=1S/C17H16FNO5S/c1-8-10(6-13(21)22)15-11(3-4-12(20)16(15)18)19(8)17(23)9-5-14(24-2)25-7-9/h4-5,7,11,20H,3,6H2,1-2H3,(H,21,22). The van der Waals surface area contributed by atoms with Crippen molar-refractivity contribution in [2.45, 2.75) is 25.8 Å². The molecule has 25 heavy (non-hydrogen) atoms. The molecule has 1 aliphatic heterocycles. The van der Waals surface area contributed by atoms with Crippen molar-refractivity contribution >= 4 is 23.2 Å². The van der Waals surface area contributed by atoms with Gasteiger partial charge in [-0.05, 0) is 25.0 Å². The number of aliphatic carboxylic acids is 1. The molecule has 0 saturated carbocycles. The Kier molecular flexibility index (Phi) is 4.38. The Morgan fingerprint density at radius 1 is 1.48 bits per heavy atom. The first kappa shape index (κ1) is 17.2. The van der Waals surface area contributed by atoms with E-state index in [9.17, 15) is 19.1 Å². The number of halogens is 1. The van der Waals surface area contributed by atoms with Gasteiger partial charge < -0.3 is 19.8 Å². The van der Waals surface area contributed by atoms with E-state index in [4.69, 9.17) is 9.84 Å². The van der Waals surface area contributed by atoms with Crippen molar-refractivity contribution in [3.63, 3.8) is 0 Å². The number of hydrogen-bond acceptors (Lipinski definition) is 5. The highest BCUT2D eigenvalue weighted by atomic mass is 32.1. The first-order chi connectivity index (χ1) is 11.8. The summed E-state index contributed by atoms with van der Waals surface area (Å²) >= 11 is 1.26. The highest BCUT2D eigenvalue weighted by molar-refractivity contribution is 7.12. The van der Waals surface area contributed by atoms with Crippen LogP contribution in [0.4, 0.5) is 4.39 Å². The smallest absolute Gasteiger partial charge is 0.307 e. The zero-order chi connectivity index (χ0) is 18.3. The molecular formula is C17H16FNO5S. The van der Waals surface area contributed by atoms with Crippen molar-refractivity contribution < 1.29 is 28.9 Å². The van der Waals surface area contributed by atoms with Crippen LogP contribution in [0.15, 0.2) is 46.0 Å². The maximum Gasteiger partial charge on any atom is 0.307 e. The van der Waals surface area contributed by atoms with Crippen LogP contribution in [-0.4, -0.2) is 40.1 Å². The van der Waals surface area contributed by atoms with E-state index in [1.165, 1.54) is 29.4 Å². The monoisotopic (exact) mass is 365 g/mol. The molecule has 1 aromatic rings. The Labute approximate surface area is 147 Å². The lowest BCUT2D eigenvalue weighted by Gasteiger charge is -2.28. The number of carbonyl (C=O) groups is 2. The molecule has 2 heterocycles. The fraction of sp³-hybridized carbons (Fsp3) is 0.294. The first-order valence-electron chi connectivity index (χ1n) is 7.52. The minimum atomic E-state index is -1.13. The third-order valence-corrected chi connectivity index (χ3v) is 5.22. The number of aliphatic hydroxyl groups is 1. The predicted molar refractivity (Wildman–Crippen MR) is 89.2 cm³/mol. The van der Waals surface area contributed by atoms with Gasteiger partial charge in [0, 0.05) is 22.7 Å². The number of amides is 1. The molecule has 0 bridgehead atoms. The quantitative estimate of drug-likeness (QED) is 0.854. The summed E-state index contributed by atoms with van der Waals surface area (Å²) in [6.45, 7) is 1.59. The molecule has 0 fully saturated rings. The molecule has 1 aromatic heterocycles. The number of ether oxygens (including phenoxy) is 1.